The number of benzene rings is 2. The van der Waals surface area contributed by atoms with Crippen molar-refractivity contribution >= 4 is 67.4 Å². The standard InChI is InChI=1S/C17H8IN3O2S/c18-9-5-7-10(8-6-9)20-15(22)13-14(16(20)23)24-17-19-11-3-1-2-4-12(11)21(13)17/h1-8H. The molecule has 116 valence electrons. The number of halogens is 1. The van der Waals surface area contributed by atoms with Gasteiger partial charge >= 0.3 is 0 Å². The summed E-state index contributed by atoms with van der Waals surface area (Å²) in [4.78, 5) is 32.6. The first-order valence-electron chi connectivity index (χ1n) is 7.19. The Balaban J connectivity index is 1.75. The van der Waals surface area contributed by atoms with Crippen LogP contribution in [0.3, 0.4) is 0 Å². The molecule has 4 aromatic rings. The number of rotatable bonds is 1. The first-order chi connectivity index (χ1) is 11.6. The minimum atomic E-state index is -0.300. The molecule has 0 aliphatic carbocycles. The van der Waals surface area contributed by atoms with Crippen LogP contribution in [-0.2, 0) is 0 Å². The smallest absolute Gasteiger partial charge is 0.277 e. The van der Waals surface area contributed by atoms with Gasteiger partial charge in [0.2, 0.25) is 0 Å². The van der Waals surface area contributed by atoms with E-state index in [1.54, 1.807) is 16.5 Å². The van der Waals surface area contributed by atoms with Crippen molar-refractivity contribution in [2.45, 2.75) is 0 Å². The van der Waals surface area contributed by atoms with E-state index in [0.717, 1.165) is 14.6 Å². The molecule has 1 aliphatic heterocycles. The van der Waals surface area contributed by atoms with Crippen molar-refractivity contribution in [2.24, 2.45) is 0 Å². The molecule has 5 rings (SSSR count). The number of amides is 2. The molecule has 1 aliphatic rings. The van der Waals surface area contributed by atoms with Crippen LogP contribution in [0.15, 0.2) is 48.5 Å². The number of aromatic nitrogens is 2. The van der Waals surface area contributed by atoms with Gasteiger partial charge in [0.25, 0.3) is 11.8 Å². The van der Waals surface area contributed by atoms with Crippen LogP contribution in [0.25, 0.3) is 16.0 Å². The fourth-order valence-corrected chi connectivity index (χ4v) is 4.41. The fourth-order valence-electron chi connectivity index (χ4n) is 2.99. The number of imide groups is 1. The van der Waals surface area contributed by atoms with Crippen molar-refractivity contribution in [3.05, 3.63) is 62.7 Å². The number of para-hydroxylation sites is 2. The van der Waals surface area contributed by atoms with E-state index < -0.39 is 0 Å². The zero-order valence-corrected chi connectivity index (χ0v) is 15.0. The van der Waals surface area contributed by atoms with Crippen molar-refractivity contribution in [3.8, 4) is 0 Å². The summed E-state index contributed by atoms with van der Waals surface area (Å²) in [6, 6.07) is 15.0. The zero-order valence-electron chi connectivity index (χ0n) is 12.1. The Hall–Kier alpha value is -2.26. The summed E-state index contributed by atoms with van der Waals surface area (Å²) in [5.41, 5.74) is 2.66. The molecule has 0 atom stereocenters. The summed E-state index contributed by atoms with van der Waals surface area (Å²) < 4.78 is 2.84. The lowest BCUT2D eigenvalue weighted by molar-refractivity contribution is 0.0925. The number of imidazole rings is 1. The highest BCUT2D eigenvalue weighted by Crippen LogP contribution is 2.36. The highest BCUT2D eigenvalue weighted by molar-refractivity contribution is 14.1. The maximum Gasteiger partial charge on any atom is 0.284 e. The molecule has 0 radical (unpaired) electrons. The number of carbonyl (C=O) groups excluding carboxylic acids is 2. The third-order valence-corrected chi connectivity index (χ3v) is 5.80. The zero-order chi connectivity index (χ0) is 16.4. The van der Waals surface area contributed by atoms with Gasteiger partial charge in [0.1, 0.15) is 10.6 Å². The number of carbonyl (C=O) groups is 2. The lowest BCUT2D eigenvalue weighted by Crippen LogP contribution is -2.29. The van der Waals surface area contributed by atoms with Crippen LogP contribution in [0.4, 0.5) is 5.69 Å². The van der Waals surface area contributed by atoms with E-state index in [1.165, 1.54) is 16.2 Å². The largest absolute Gasteiger partial charge is 0.284 e. The van der Waals surface area contributed by atoms with Crippen LogP contribution in [0.1, 0.15) is 20.2 Å². The Morgan fingerprint density at radius 2 is 1.71 bits per heavy atom. The highest BCUT2D eigenvalue weighted by atomic mass is 127. The molecule has 0 saturated heterocycles. The van der Waals surface area contributed by atoms with Gasteiger partial charge in [-0.2, -0.15) is 0 Å². The van der Waals surface area contributed by atoms with Gasteiger partial charge in [-0.25, -0.2) is 9.88 Å². The maximum absolute atomic E-state index is 13.0. The van der Waals surface area contributed by atoms with Gasteiger partial charge in [-0.1, -0.05) is 23.5 Å². The van der Waals surface area contributed by atoms with Crippen LogP contribution >= 0.6 is 33.9 Å². The lowest BCUT2D eigenvalue weighted by Gasteiger charge is -2.13. The number of thiazole rings is 1. The Morgan fingerprint density at radius 3 is 2.50 bits per heavy atom. The van der Waals surface area contributed by atoms with E-state index >= 15 is 0 Å². The monoisotopic (exact) mass is 445 g/mol. The summed E-state index contributed by atoms with van der Waals surface area (Å²) in [7, 11) is 0. The average molecular weight is 445 g/mol. The number of fused-ring (bicyclic) bond motifs is 5. The molecular formula is C17H8IN3O2S. The predicted octanol–water partition coefficient (Wildman–Crippen LogP) is 3.95. The molecule has 2 aromatic carbocycles. The van der Waals surface area contributed by atoms with E-state index in [9.17, 15) is 9.59 Å². The molecule has 0 unspecified atom stereocenters. The van der Waals surface area contributed by atoms with E-state index in [4.69, 9.17) is 0 Å². The second-order valence-corrected chi connectivity index (χ2v) is 7.64. The third-order valence-electron chi connectivity index (χ3n) is 4.05. The average Bonchev–Trinajstić information content (AvgIpc) is 3.18. The van der Waals surface area contributed by atoms with Gasteiger partial charge < -0.3 is 0 Å². The summed E-state index contributed by atoms with van der Waals surface area (Å²) in [5.74, 6) is -0.582. The molecule has 0 fully saturated rings. The summed E-state index contributed by atoms with van der Waals surface area (Å²) in [6.45, 7) is 0. The predicted molar refractivity (Wildman–Crippen MR) is 101 cm³/mol. The minimum Gasteiger partial charge on any atom is -0.277 e. The first-order valence-corrected chi connectivity index (χ1v) is 9.09. The molecule has 0 spiro atoms. The maximum atomic E-state index is 13.0. The van der Waals surface area contributed by atoms with Crippen molar-refractivity contribution in [2.75, 3.05) is 4.90 Å². The van der Waals surface area contributed by atoms with E-state index in [-0.39, 0.29) is 11.8 Å². The SMILES string of the molecule is O=C1c2sc3nc4ccccc4n3c2C(=O)N1c1ccc(I)cc1. The Morgan fingerprint density at radius 1 is 0.958 bits per heavy atom. The number of nitrogens with zero attached hydrogens (tertiary/aromatic N) is 3. The molecule has 7 heteroatoms. The van der Waals surface area contributed by atoms with Crippen molar-refractivity contribution in [1.29, 1.82) is 0 Å². The second kappa shape index (κ2) is 4.87. The van der Waals surface area contributed by atoms with E-state index in [2.05, 4.69) is 27.6 Å². The molecule has 24 heavy (non-hydrogen) atoms. The van der Waals surface area contributed by atoms with Crippen molar-refractivity contribution < 1.29 is 9.59 Å². The molecule has 2 amide bonds. The molecule has 0 bridgehead atoms. The van der Waals surface area contributed by atoms with Crippen LogP contribution in [-0.4, -0.2) is 21.2 Å². The number of hydrogen-bond donors (Lipinski definition) is 0. The molecule has 0 N–H and O–H groups in total. The summed E-state index contributed by atoms with van der Waals surface area (Å²) in [5, 5.41) is 0. The van der Waals surface area contributed by atoms with Crippen LogP contribution in [0, 0.1) is 3.57 Å². The van der Waals surface area contributed by atoms with Crippen LogP contribution in [0.5, 0.6) is 0 Å². The lowest BCUT2D eigenvalue weighted by atomic mass is 10.3. The topological polar surface area (TPSA) is 54.7 Å². The van der Waals surface area contributed by atoms with E-state index in [1.807, 2.05) is 36.4 Å². The van der Waals surface area contributed by atoms with Crippen molar-refractivity contribution in [1.82, 2.24) is 9.38 Å². The molecule has 3 heterocycles. The molecular weight excluding hydrogens is 437 g/mol. The quantitative estimate of drug-likeness (QED) is 0.330. The fraction of sp³-hybridized carbons (Fsp3) is 0. The van der Waals surface area contributed by atoms with Gasteiger partial charge in [0.05, 0.1) is 16.7 Å². The van der Waals surface area contributed by atoms with E-state index in [0.29, 0.717) is 21.2 Å². The Labute approximate surface area is 153 Å². The van der Waals surface area contributed by atoms with Gasteiger partial charge in [-0.3, -0.25) is 14.0 Å². The van der Waals surface area contributed by atoms with Crippen LogP contribution < -0.4 is 4.90 Å². The summed E-state index contributed by atoms with van der Waals surface area (Å²) in [6.07, 6.45) is 0. The summed E-state index contributed by atoms with van der Waals surface area (Å²) >= 11 is 3.45. The minimum absolute atomic E-state index is 0.282. The number of anilines is 1. The highest BCUT2D eigenvalue weighted by Gasteiger charge is 2.41. The molecule has 2 aromatic heterocycles. The Bertz CT molecular complexity index is 1160. The van der Waals surface area contributed by atoms with Gasteiger partial charge in [0.15, 0.2) is 4.96 Å². The molecule has 0 saturated carbocycles. The normalized spacial score (nSPS) is 14.1. The van der Waals surface area contributed by atoms with Gasteiger partial charge in [-0.05, 0) is 59.0 Å². The molecule has 5 nitrogen and oxygen atoms in total. The van der Waals surface area contributed by atoms with Crippen molar-refractivity contribution in [3.63, 3.8) is 0 Å². The second-order valence-electron chi connectivity index (χ2n) is 5.42. The van der Waals surface area contributed by atoms with Gasteiger partial charge in [-0.15, -0.1) is 0 Å². The first kappa shape index (κ1) is 14.1. The third kappa shape index (κ3) is 1.76. The van der Waals surface area contributed by atoms with Gasteiger partial charge in [0, 0.05) is 3.57 Å². The number of hydrogen-bond acceptors (Lipinski definition) is 4. The van der Waals surface area contributed by atoms with Crippen LogP contribution in [0.2, 0.25) is 0 Å². The Kier molecular flexibility index (Phi) is 2.86.